The third-order valence-electron chi connectivity index (χ3n) is 2.12. The molecule has 0 spiro atoms. The van der Waals surface area contributed by atoms with Crippen LogP contribution in [0.3, 0.4) is 0 Å². The molecule has 3 N–H and O–H groups in total. The van der Waals surface area contributed by atoms with Crippen molar-refractivity contribution in [1.29, 1.82) is 0 Å². The van der Waals surface area contributed by atoms with Gasteiger partial charge in [0.05, 0.1) is 7.11 Å². The summed E-state index contributed by atoms with van der Waals surface area (Å²) in [5, 5.41) is 0. The van der Waals surface area contributed by atoms with E-state index in [0.717, 1.165) is 0 Å². The standard InChI is InChI=1S/C4H14O18P6/c1-13-25(9)17-23(5,6)19-26(10,14-2)21-28(12,16-4)22-27(11,15-3)20-24(7,8)18-25/h10H,1-4H3,(H-,5,6,7,8)/p+1. The van der Waals surface area contributed by atoms with E-state index < -0.39 is 47.3 Å². The Morgan fingerprint density at radius 3 is 1.43 bits per heavy atom. The molecule has 1 fully saturated rings. The summed E-state index contributed by atoms with van der Waals surface area (Å²) >= 11 is 0. The molecule has 1 rings (SSSR count). The van der Waals surface area contributed by atoms with E-state index in [9.17, 15) is 37.5 Å². The SMILES string of the molecule is COP1(=O)OP(=O)(O)OP(=O)(OC)OP(=O)(OC)O[P+](O)(OC)OP(=O)(O)O1. The highest BCUT2D eigenvalue weighted by Gasteiger charge is 2.63. The average molecular weight is 537 g/mol. The summed E-state index contributed by atoms with van der Waals surface area (Å²) in [5.41, 5.74) is 0. The van der Waals surface area contributed by atoms with Gasteiger partial charge in [-0.25, -0.2) is 22.8 Å². The van der Waals surface area contributed by atoms with Crippen molar-refractivity contribution in [3.63, 3.8) is 0 Å². The largest absolute Gasteiger partial charge is 0.593 e. The Bertz CT molecular complexity index is 804. The van der Waals surface area contributed by atoms with Crippen molar-refractivity contribution in [3.05, 3.63) is 0 Å². The Morgan fingerprint density at radius 2 is 1.04 bits per heavy atom. The minimum atomic E-state index is -5.81. The Hall–Kier alpha value is 1.06. The van der Waals surface area contributed by atoms with Gasteiger partial charge in [-0.15, -0.1) is 0 Å². The van der Waals surface area contributed by atoms with Crippen LogP contribution >= 0.6 is 47.3 Å². The van der Waals surface area contributed by atoms with Gasteiger partial charge in [-0.05, 0) is 8.62 Å². The molecule has 24 heteroatoms. The van der Waals surface area contributed by atoms with Crippen molar-refractivity contribution < 1.29 is 81.5 Å². The van der Waals surface area contributed by atoms with Crippen LogP contribution in [0.5, 0.6) is 0 Å². The zero-order valence-electron chi connectivity index (χ0n) is 14.1. The highest BCUT2D eigenvalue weighted by Crippen LogP contribution is 2.84. The lowest BCUT2D eigenvalue weighted by Gasteiger charge is -2.25. The minimum absolute atomic E-state index is 0.534. The maximum absolute atomic E-state index is 12.4. The van der Waals surface area contributed by atoms with Crippen LogP contribution < -0.4 is 0 Å². The van der Waals surface area contributed by atoms with Crippen LogP contribution in [0.1, 0.15) is 0 Å². The first-order valence-electron chi connectivity index (χ1n) is 6.07. The van der Waals surface area contributed by atoms with Crippen molar-refractivity contribution in [2.24, 2.45) is 0 Å². The number of hydrogen-bond donors (Lipinski definition) is 3. The summed E-state index contributed by atoms with van der Waals surface area (Å²) in [6, 6.07) is 0. The van der Waals surface area contributed by atoms with Crippen molar-refractivity contribution >= 4 is 47.3 Å². The van der Waals surface area contributed by atoms with E-state index in [1.807, 2.05) is 0 Å². The van der Waals surface area contributed by atoms with Crippen LogP contribution in [0.4, 0.5) is 0 Å². The minimum Gasteiger partial charge on any atom is -0.302 e. The third kappa shape index (κ3) is 7.64. The van der Waals surface area contributed by atoms with Gasteiger partial charge in [0.1, 0.15) is 0 Å². The molecule has 0 bridgehead atoms. The molecule has 0 amide bonds. The topological polar surface area (TPSA) is 238 Å². The summed E-state index contributed by atoms with van der Waals surface area (Å²) in [7, 11) is -30.6. The van der Waals surface area contributed by atoms with E-state index in [1.54, 1.807) is 0 Å². The lowest BCUT2D eigenvalue weighted by molar-refractivity contribution is 0.130. The molecule has 168 valence electrons. The smallest absolute Gasteiger partial charge is 0.302 e. The second-order valence-corrected chi connectivity index (χ2v) is 14.8. The summed E-state index contributed by atoms with van der Waals surface area (Å²) in [6.07, 6.45) is 0. The van der Waals surface area contributed by atoms with Crippen LogP contribution in [-0.4, -0.2) is 43.1 Å². The van der Waals surface area contributed by atoms with E-state index >= 15 is 0 Å². The molecule has 0 saturated carbocycles. The van der Waals surface area contributed by atoms with Gasteiger partial charge in [-0.2, -0.15) is 26.7 Å². The molecule has 1 saturated heterocycles. The predicted octanol–water partition coefficient (Wildman–Crippen LogP) is 2.88. The Labute approximate surface area is 158 Å². The maximum Gasteiger partial charge on any atom is 0.593 e. The van der Waals surface area contributed by atoms with Crippen molar-refractivity contribution in [2.75, 3.05) is 28.4 Å². The molecular weight excluding hydrogens is 522 g/mol. The molecule has 1 aliphatic rings. The zero-order chi connectivity index (χ0) is 22.1. The Kier molecular flexibility index (Phi) is 8.98. The number of hydrogen-bond acceptors (Lipinski definition) is 16. The fourth-order valence-electron chi connectivity index (χ4n) is 1.11. The van der Waals surface area contributed by atoms with Gasteiger partial charge in [0.2, 0.25) is 0 Å². The fourth-order valence-corrected chi connectivity index (χ4v) is 11.6. The molecular formula is C4H15O18P6+. The molecule has 18 nitrogen and oxygen atoms in total. The molecule has 6 unspecified atom stereocenters. The second-order valence-electron chi connectivity index (χ2n) is 3.97. The first kappa shape index (κ1) is 27.1. The van der Waals surface area contributed by atoms with Crippen molar-refractivity contribution in [2.45, 2.75) is 0 Å². The number of phosphoric acid groups is 5. The molecule has 0 aliphatic carbocycles. The van der Waals surface area contributed by atoms with Gasteiger partial charge >= 0.3 is 47.3 Å². The van der Waals surface area contributed by atoms with Crippen LogP contribution in [0.2, 0.25) is 0 Å². The molecule has 0 aromatic heterocycles. The highest BCUT2D eigenvalue weighted by atomic mass is 31.3. The lowest BCUT2D eigenvalue weighted by atomic mass is 11.8. The second kappa shape index (κ2) is 9.28. The molecule has 1 aliphatic heterocycles. The van der Waals surface area contributed by atoms with Crippen molar-refractivity contribution in [3.8, 4) is 0 Å². The normalized spacial score (nSPS) is 49.1. The maximum atomic E-state index is 12.4. The summed E-state index contributed by atoms with van der Waals surface area (Å²) in [4.78, 5) is 29.1. The van der Waals surface area contributed by atoms with Gasteiger partial charge in [0.25, 0.3) is 0 Å². The molecule has 0 aromatic rings. The van der Waals surface area contributed by atoms with E-state index in [1.165, 1.54) is 0 Å². The van der Waals surface area contributed by atoms with E-state index in [2.05, 4.69) is 44.0 Å². The van der Waals surface area contributed by atoms with Gasteiger partial charge in [0, 0.05) is 21.3 Å². The first-order valence-corrected chi connectivity index (χ1v) is 14.9. The Balaban J connectivity index is 3.58. The molecule has 6 atom stereocenters. The molecule has 0 aromatic carbocycles. The summed E-state index contributed by atoms with van der Waals surface area (Å²) in [5.74, 6) is 0. The first-order chi connectivity index (χ1) is 12.5. The van der Waals surface area contributed by atoms with Crippen LogP contribution in [-0.2, 0) is 66.8 Å². The molecule has 0 radical (unpaired) electrons. The quantitative estimate of drug-likeness (QED) is 0.437. The molecule has 1 heterocycles. The summed E-state index contributed by atoms with van der Waals surface area (Å²) in [6.45, 7) is 0. The third-order valence-corrected chi connectivity index (χ3v) is 13.7. The monoisotopic (exact) mass is 537 g/mol. The highest BCUT2D eigenvalue weighted by molar-refractivity contribution is 7.77. The number of rotatable bonds is 4. The van der Waals surface area contributed by atoms with Gasteiger partial charge < -0.3 is 4.89 Å². The lowest BCUT2D eigenvalue weighted by Crippen LogP contribution is -2.08. The average Bonchev–Trinajstić information content (AvgIpc) is 2.51. The molecule has 28 heavy (non-hydrogen) atoms. The van der Waals surface area contributed by atoms with Crippen LogP contribution in [0, 0.1) is 0 Å². The van der Waals surface area contributed by atoms with Gasteiger partial charge in [-0.3, -0.25) is 18.5 Å². The van der Waals surface area contributed by atoms with Crippen LogP contribution in [0.25, 0.3) is 0 Å². The van der Waals surface area contributed by atoms with Gasteiger partial charge in [-0.1, -0.05) is 0 Å². The predicted molar refractivity (Wildman–Crippen MR) is 86.2 cm³/mol. The van der Waals surface area contributed by atoms with Gasteiger partial charge in [0.15, 0.2) is 0 Å². The Morgan fingerprint density at radius 1 is 0.643 bits per heavy atom. The summed E-state index contributed by atoms with van der Waals surface area (Å²) < 4.78 is 102. The van der Waals surface area contributed by atoms with Crippen LogP contribution in [0.15, 0.2) is 0 Å². The van der Waals surface area contributed by atoms with E-state index in [-0.39, 0.29) is 0 Å². The van der Waals surface area contributed by atoms with Crippen molar-refractivity contribution in [1.82, 2.24) is 0 Å². The zero-order valence-corrected chi connectivity index (χ0v) is 19.5. The fraction of sp³-hybridized carbons (Fsp3) is 1.00. The van der Waals surface area contributed by atoms with E-state index in [4.69, 9.17) is 0 Å². The van der Waals surface area contributed by atoms with E-state index in [0.29, 0.717) is 28.4 Å².